The third kappa shape index (κ3) is 4.39. The van der Waals surface area contributed by atoms with E-state index in [1.165, 1.54) is 12.5 Å². The Kier molecular flexibility index (Phi) is 4.70. The molecule has 1 aromatic heterocycles. The van der Waals surface area contributed by atoms with Crippen LogP contribution in [0.5, 0.6) is 0 Å². The minimum Gasteiger partial charge on any atom is -0.380 e. The summed E-state index contributed by atoms with van der Waals surface area (Å²) in [7, 11) is 0. The highest BCUT2D eigenvalue weighted by atomic mass is 16.3. The molecule has 21 heavy (non-hydrogen) atoms. The van der Waals surface area contributed by atoms with Gasteiger partial charge in [-0.25, -0.2) is 0 Å². The number of carbonyl (C=O) groups is 1. The molecule has 1 heterocycles. The molecule has 1 unspecified atom stereocenters. The Morgan fingerprint density at radius 1 is 1.19 bits per heavy atom. The van der Waals surface area contributed by atoms with E-state index in [4.69, 9.17) is 0 Å². The summed E-state index contributed by atoms with van der Waals surface area (Å²) in [6.07, 6.45) is 4.21. The molecule has 4 heteroatoms. The van der Waals surface area contributed by atoms with Crippen molar-refractivity contribution in [3.63, 3.8) is 0 Å². The first kappa shape index (κ1) is 15.2. The number of carbonyl (C=O) groups excluding carboxylic acids is 1. The zero-order chi connectivity index (χ0) is 15.3. The quantitative estimate of drug-likeness (QED) is 0.887. The van der Waals surface area contributed by atoms with Crippen molar-refractivity contribution in [3.05, 3.63) is 59.9 Å². The number of nitrogens with one attached hydrogen (secondary N) is 1. The lowest BCUT2D eigenvalue weighted by molar-refractivity contribution is -0.132. The molecule has 0 fully saturated rings. The van der Waals surface area contributed by atoms with E-state index in [1.807, 2.05) is 31.2 Å². The maximum atomic E-state index is 12.1. The normalized spacial score (nSPS) is 13.5. The van der Waals surface area contributed by atoms with Gasteiger partial charge in [0.15, 0.2) is 0 Å². The van der Waals surface area contributed by atoms with Crippen LogP contribution >= 0.6 is 0 Å². The van der Waals surface area contributed by atoms with Crippen LogP contribution in [0.25, 0.3) is 0 Å². The Morgan fingerprint density at radius 3 is 2.43 bits per heavy atom. The molecule has 0 saturated carbocycles. The van der Waals surface area contributed by atoms with Gasteiger partial charge in [-0.1, -0.05) is 29.8 Å². The largest absolute Gasteiger partial charge is 0.380 e. The molecular formula is C17H20N2O2. The van der Waals surface area contributed by atoms with Crippen LogP contribution in [0, 0.1) is 6.92 Å². The second-order valence-corrected chi connectivity index (χ2v) is 5.45. The Bertz CT molecular complexity index is 592. The topological polar surface area (TPSA) is 62.2 Å². The first-order valence-corrected chi connectivity index (χ1v) is 6.97. The van der Waals surface area contributed by atoms with Crippen molar-refractivity contribution in [1.29, 1.82) is 0 Å². The summed E-state index contributed by atoms with van der Waals surface area (Å²) < 4.78 is 0. The fourth-order valence-electron chi connectivity index (χ4n) is 1.96. The number of nitrogens with zero attached hydrogens (tertiary/aromatic N) is 1. The molecule has 1 amide bonds. The molecule has 0 aliphatic carbocycles. The molecule has 2 N–H and O–H groups in total. The molecule has 1 aromatic carbocycles. The van der Waals surface area contributed by atoms with Crippen LogP contribution in [0.2, 0.25) is 0 Å². The molecule has 2 rings (SSSR count). The van der Waals surface area contributed by atoms with Gasteiger partial charge in [-0.05, 0) is 44.4 Å². The molecule has 0 aliphatic heterocycles. The predicted octanol–water partition coefficient (Wildman–Crippen LogP) is 2.71. The summed E-state index contributed by atoms with van der Waals surface area (Å²) in [6.45, 7) is 3.57. The Labute approximate surface area is 124 Å². The van der Waals surface area contributed by atoms with Crippen LogP contribution in [0.4, 0.5) is 5.69 Å². The van der Waals surface area contributed by atoms with Crippen molar-refractivity contribution in [2.45, 2.75) is 32.3 Å². The van der Waals surface area contributed by atoms with Crippen molar-refractivity contribution < 1.29 is 9.90 Å². The van der Waals surface area contributed by atoms with E-state index < -0.39 is 11.5 Å². The molecule has 0 saturated heterocycles. The number of aliphatic hydroxyl groups is 1. The Hall–Kier alpha value is -2.20. The van der Waals surface area contributed by atoms with Gasteiger partial charge in [-0.3, -0.25) is 9.78 Å². The average Bonchev–Trinajstić information content (AvgIpc) is 2.48. The van der Waals surface area contributed by atoms with Gasteiger partial charge in [0, 0.05) is 18.1 Å². The number of hydrogen-bond acceptors (Lipinski definition) is 3. The number of amides is 1. The monoisotopic (exact) mass is 284 g/mol. The van der Waals surface area contributed by atoms with Gasteiger partial charge in [-0.15, -0.1) is 0 Å². The maximum absolute atomic E-state index is 12.1. The Balaban J connectivity index is 1.94. The summed E-state index contributed by atoms with van der Waals surface area (Å²) in [5, 5.41) is 13.0. The van der Waals surface area contributed by atoms with Gasteiger partial charge in [0.05, 0.1) is 0 Å². The van der Waals surface area contributed by atoms with E-state index in [9.17, 15) is 9.90 Å². The second kappa shape index (κ2) is 6.50. The third-order valence-electron chi connectivity index (χ3n) is 3.45. The summed E-state index contributed by atoms with van der Waals surface area (Å²) in [4.78, 5) is 16.0. The fourth-order valence-corrected chi connectivity index (χ4v) is 1.96. The summed E-state index contributed by atoms with van der Waals surface area (Å²) in [6, 6.07) is 11.5. The number of rotatable bonds is 5. The predicted molar refractivity (Wildman–Crippen MR) is 83.0 cm³/mol. The molecule has 4 nitrogen and oxygen atoms in total. The van der Waals surface area contributed by atoms with E-state index in [1.54, 1.807) is 24.5 Å². The first-order chi connectivity index (χ1) is 9.97. The molecule has 1 atom stereocenters. The van der Waals surface area contributed by atoms with Crippen LogP contribution in [0.3, 0.4) is 0 Å². The molecule has 2 aromatic rings. The standard InChI is InChI=1S/C17H20N2O2/c1-13-3-5-14(6-4-13)7-10-17(2,21)16(20)19-15-8-11-18-12-9-15/h3-6,8-9,11-12,21H,7,10H2,1-2H3,(H,18,19,20). The summed E-state index contributed by atoms with van der Waals surface area (Å²) in [5.41, 5.74) is 1.53. The van der Waals surface area contributed by atoms with E-state index in [0.717, 1.165) is 5.56 Å². The molecule has 0 radical (unpaired) electrons. The highest BCUT2D eigenvalue weighted by Crippen LogP contribution is 2.17. The lowest BCUT2D eigenvalue weighted by atomic mass is 9.95. The number of aryl methyl sites for hydroxylation is 2. The molecule has 110 valence electrons. The minimum atomic E-state index is -1.41. The highest BCUT2D eigenvalue weighted by Gasteiger charge is 2.29. The average molecular weight is 284 g/mol. The van der Waals surface area contributed by atoms with Crippen LogP contribution in [0.1, 0.15) is 24.5 Å². The van der Waals surface area contributed by atoms with Crippen molar-refractivity contribution in [2.24, 2.45) is 0 Å². The number of pyridine rings is 1. The lowest BCUT2D eigenvalue weighted by Gasteiger charge is -2.22. The zero-order valence-electron chi connectivity index (χ0n) is 12.3. The molecular weight excluding hydrogens is 264 g/mol. The van der Waals surface area contributed by atoms with Crippen molar-refractivity contribution in [2.75, 3.05) is 5.32 Å². The summed E-state index contributed by atoms with van der Waals surface area (Å²) >= 11 is 0. The van der Waals surface area contributed by atoms with E-state index in [-0.39, 0.29) is 0 Å². The first-order valence-electron chi connectivity index (χ1n) is 6.97. The van der Waals surface area contributed by atoms with Crippen molar-refractivity contribution >= 4 is 11.6 Å². The van der Waals surface area contributed by atoms with Crippen molar-refractivity contribution in [3.8, 4) is 0 Å². The van der Waals surface area contributed by atoms with Gasteiger partial charge in [-0.2, -0.15) is 0 Å². The van der Waals surface area contributed by atoms with Gasteiger partial charge in [0.25, 0.3) is 5.91 Å². The van der Waals surface area contributed by atoms with E-state index >= 15 is 0 Å². The van der Waals surface area contributed by atoms with Gasteiger partial charge in [0.1, 0.15) is 5.60 Å². The van der Waals surface area contributed by atoms with Gasteiger partial charge >= 0.3 is 0 Å². The number of aromatic nitrogens is 1. The van der Waals surface area contributed by atoms with Crippen molar-refractivity contribution in [1.82, 2.24) is 4.98 Å². The number of benzene rings is 1. The fraction of sp³-hybridized carbons (Fsp3) is 0.294. The van der Waals surface area contributed by atoms with E-state index in [2.05, 4.69) is 10.3 Å². The van der Waals surface area contributed by atoms with Crippen LogP contribution in [-0.4, -0.2) is 21.6 Å². The molecule has 0 spiro atoms. The van der Waals surface area contributed by atoms with Gasteiger partial charge in [0.2, 0.25) is 0 Å². The molecule has 0 aliphatic rings. The van der Waals surface area contributed by atoms with Crippen LogP contribution < -0.4 is 5.32 Å². The zero-order valence-corrected chi connectivity index (χ0v) is 12.3. The SMILES string of the molecule is Cc1ccc(CCC(C)(O)C(=O)Nc2ccncc2)cc1. The smallest absolute Gasteiger partial charge is 0.256 e. The highest BCUT2D eigenvalue weighted by molar-refractivity contribution is 5.96. The maximum Gasteiger partial charge on any atom is 0.256 e. The molecule has 0 bridgehead atoms. The Morgan fingerprint density at radius 2 is 1.81 bits per heavy atom. The second-order valence-electron chi connectivity index (χ2n) is 5.45. The number of hydrogen-bond donors (Lipinski definition) is 2. The third-order valence-corrected chi connectivity index (χ3v) is 3.45. The summed E-state index contributed by atoms with van der Waals surface area (Å²) in [5.74, 6) is -0.402. The van der Waals surface area contributed by atoms with Gasteiger partial charge < -0.3 is 10.4 Å². The number of anilines is 1. The van der Waals surface area contributed by atoms with E-state index in [0.29, 0.717) is 18.5 Å². The minimum absolute atomic E-state index is 0.368. The van der Waals surface area contributed by atoms with Crippen LogP contribution in [0.15, 0.2) is 48.8 Å². The van der Waals surface area contributed by atoms with Crippen LogP contribution in [-0.2, 0) is 11.2 Å². The lowest BCUT2D eigenvalue weighted by Crippen LogP contribution is -2.40.